The van der Waals surface area contributed by atoms with Crippen molar-refractivity contribution in [3.05, 3.63) is 129 Å². The molecule has 0 saturated carbocycles. The Kier molecular flexibility index (Phi) is 15.1. The number of hydrogen-bond donors (Lipinski definition) is 0. The molecule has 0 nitrogen and oxygen atoms in total. The van der Waals surface area contributed by atoms with Crippen LogP contribution in [0.25, 0.3) is 6.08 Å². The summed E-state index contributed by atoms with van der Waals surface area (Å²) < 4.78 is -0.285. The molecule has 4 aromatic rings. The molecular weight excluding hydrogens is 807 g/mol. The van der Waals surface area contributed by atoms with E-state index in [0.717, 1.165) is 0 Å². The first-order chi connectivity index (χ1) is 24.3. The van der Waals surface area contributed by atoms with Gasteiger partial charge in [-0.05, 0) is 0 Å². The SMILES string of the molecule is CC1=Cc2ccccc2[C]1([Ti+3])[Si](c1cc(C(C)(C)C)cc(C(C)(C)C)c1)(c1cc(C(C)(C)C)cc(C(C)(C)C)c1)c1cc(C(C)(C)C)cc(C(C)(C)C)c1.[Cl-].[Cl-].[Cl-]. The Hall–Kier alpha value is -1.58. The van der Waals surface area contributed by atoms with Crippen LogP contribution in [0.3, 0.4) is 0 Å². The van der Waals surface area contributed by atoms with Crippen molar-refractivity contribution in [2.24, 2.45) is 0 Å². The molecule has 1 unspecified atom stereocenters. The molecule has 0 radical (unpaired) electrons. The van der Waals surface area contributed by atoms with Crippen LogP contribution in [0.2, 0.25) is 0 Å². The van der Waals surface area contributed by atoms with E-state index in [0.29, 0.717) is 0 Å². The maximum absolute atomic E-state index is 3.16. The predicted molar refractivity (Wildman–Crippen MR) is 238 cm³/mol. The Labute approximate surface area is 380 Å². The van der Waals surface area contributed by atoms with Crippen LogP contribution in [0.5, 0.6) is 0 Å². The molecule has 0 fully saturated rings. The van der Waals surface area contributed by atoms with E-state index in [2.05, 4.69) is 237 Å². The van der Waals surface area contributed by atoms with Gasteiger partial charge in [-0.25, -0.2) is 0 Å². The van der Waals surface area contributed by atoms with E-state index in [-0.39, 0.29) is 73.1 Å². The van der Waals surface area contributed by atoms with Gasteiger partial charge in [0.2, 0.25) is 0 Å². The summed E-state index contributed by atoms with van der Waals surface area (Å²) in [5.74, 6) is 0. The van der Waals surface area contributed by atoms with Crippen molar-refractivity contribution >= 4 is 29.7 Å². The van der Waals surface area contributed by atoms with E-state index in [1.807, 2.05) is 0 Å². The predicted octanol–water partition coefficient (Wildman–Crippen LogP) is 3.35. The van der Waals surface area contributed by atoms with Crippen LogP contribution in [-0.2, 0) is 56.3 Å². The van der Waals surface area contributed by atoms with Gasteiger partial charge in [0.15, 0.2) is 0 Å². The standard InChI is InChI=1S/C52H71Si.3ClH.Ti/c1-34-24-35-22-20-21-23-45(35)46(34)53(42-28-36(47(2,3)4)25-37(29-42)48(5,6)7,43-30-38(49(8,9)10)26-39(31-43)50(11,12)13)44-32-40(51(14,15)16)27-41(33-44)52(17,18)19;;;;/h20-33H,1-19H3;3*1H;/q;;;;+3/p-3. The molecule has 0 N–H and O–H groups in total. The average Bonchev–Trinajstić information content (AvgIpc) is 3.28. The third kappa shape index (κ3) is 9.66. The number of halogens is 3. The smallest absolute Gasteiger partial charge is 1.00 e. The van der Waals surface area contributed by atoms with Gasteiger partial charge in [0, 0.05) is 0 Å². The van der Waals surface area contributed by atoms with E-state index in [4.69, 9.17) is 0 Å². The van der Waals surface area contributed by atoms with Crippen LogP contribution in [0, 0.1) is 0 Å². The Morgan fingerprint density at radius 2 is 0.649 bits per heavy atom. The van der Waals surface area contributed by atoms with Crippen LogP contribution in [0.15, 0.2) is 84.4 Å². The van der Waals surface area contributed by atoms with E-state index >= 15 is 0 Å². The zero-order valence-corrected chi connectivity index (χ0v) is 43.5. The molecule has 1 aliphatic rings. The Balaban J connectivity index is 0.00000374. The third-order valence-corrected chi connectivity index (χ3v) is 20.2. The molecule has 0 amide bonds. The fourth-order valence-corrected chi connectivity index (χ4v) is 16.6. The Bertz CT molecular complexity index is 1820. The molecule has 0 heterocycles. The van der Waals surface area contributed by atoms with Crippen LogP contribution < -0.4 is 52.8 Å². The second kappa shape index (κ2) is 16.7. The van der Waals surface area contributed by atoms with Gasteiger partial charge in [0.25, 0.3) is 0 Å². The van der Waals surface area contributed by atoms with Gasteiger partial charge in [0.1, 0.15) is 0 Å². The number of hydrogen-bond acceptors (Lipinski definition) is 0. The van der Waals surface area contributed by atoms with Crippen molar-refractivity contribution < 1.29 is 57.7 Å². The van der Waals surface area contributed by atoms with Crippen LogP contribution in [0.1, 0.15) is 176 Å². The molecule has 0 aromatic heterocycles. The van der Waals surface area contributed by atoms with Gasteiger partial charge in [0.05, 0.1) is 0 Å². The van der Waals surface area contributed by atoms with Crippen molar-refractivity contribution in [1.29, 1.82) is 0 Å². The maximum Gasteiger partial charge on any atom is -1.00 e. The van der Waals surface area contributed by atoms with Gasteiger partial charge < -0.3 is 37.2 Å². The quantitative estimate of drug-likeness (QED) is 0.218. The van der Waals surface area contributed by atoms with E-state index in [1.54, 1.807) is 0 Å². The molecule has 5 heteroatoms. The van der Waals surface area contributed by atoms with Gasteiger partial charge in [-0.15, -0.1) is 0 Å². The van der Waals surface area contributed by atoms with Gasteiger partial charge >= 0.3 is 346 Å². The number of benzene rings is 4. The molecule has 1 atom stereocenters. The van der Waals surface area contributed by atoms with Crippen molar-refractivity contribution in [3.8, 4) is 0 Å². The molecule has 57 heavy (non-hydrogen) atoms. The molecule has 308 valence electrons. The summed E-state index contributed by atoms with van der Waals surface area (Å²) >= 11 is 2.64. The molecule has 0 bridgehead atoms. The fraction of sp³-hybridized carbons (Fsp3) is 0.500. The minimum atomic E-state index is -3.16. The first-order valence-corrected chi connectivity index (χ1v) is 23.1. The molecule has 5 rings (SSSR count). The van der Waals surface area contributed by atoms with Crippen LogP contribution >= 0.6 is 0 Å². The van der Waals surface area contributed by atoms with Gasteiger partial charge in [-0.3, -0.25) is 0 Å². The summed E-state index contributed by atoms with van der Waals surface area (Å²) in [6, 6.07) is 32.9. The second-order valence-corrected chi connectivity index (χ2v) is 28.7. The zero-order chi connectivity index (χ0) is 40.8. The summed E-state index contributed by atoms with van der Waals surface area (Å²) in [7, 11) is -3.16. The molecule has 4 aromatic carbocycles. The van der Waals surface area contributed by atoms with Crippen molar-refractivity contribution in [2.75, 3.05) is 0 Å². The Morgan fingerprint density at radius 1 is 0.404 bits per heavy atom. The fourth-order valence-electron chi connectivity index (χ4n) is 8.30. The summed E-state index contributed by atoms with van der Waals surface area (Å²) in [4.78, 5) is 0. The average molecular weight is 878 g/mol. The largest absolute Gasteiger partial charge is 1.00 e. The zero-order valence-electron chi connectivity index (χ0n) is 38.7. The minimum absolute atomic E-state index is 0. The summed E-state index contributed by atoms with van der Waals surface area (Å²) in [5.41, 5.74) is 12.7. The van der Waals surface area contributed by atoms with E-state index in [9.17, 15) is 0 Å². The second-order valence-electron chi connectivity index (χ2n) is 22.8. The van der Waals surface area contributed by atoms with Gasteiger partial charge in [-0.1, -0.05) is 0 Å². The van der Waals surface area contributed by atoms with Crippen LogP contribution in [0.4, 0.5) is 0 Å². The Morgan fingerprint density at radius 3 is 0.895 bits per heavy atom. The summed E-state index contributed by atoms with van der Waals surface area (Å²) in [5, 5.41) is 4.55. The van der Waals surface area contributed by atoms with Crippen LogP contribution in [-0.4, -0.2) is 8.07 Å². The third-order valence-electron chi connectivity index (χ3n) is 12.2. The monoisotopic (exact) mass is 876 g/mol. The first-order valence-electron chi connectivity index (χ1n) is 20.4. The van der Waals surface area contributed by atoms with E-state index in [1.165, 1.54) is 65.6 Å². The van der Waals surface area contributed by atoms with Gasteiger partial charge in [-0.2, -0.15) is 0 Å². The molecule has 0 aliphatic heterocycles. The number of allylic oxidation sites excluding steroid dienone is 1. The van der Waals surface area contributed by atoms with Crippen molar-refractivity contribution in [1.82, 2.24) is 0 Å². The topological polar surface area (TPSA) is 0 Å². The van der Waals surface area contributed by atoms with Crippen molar-refractivity contribution in [3.63, 3.8) is 0 Å². The minimum Gasteiger partial charge on any atom is -1.00 e. The summed E-state index contributed by atoms with van der Waals surface area (Å²) in [6.07, 6.45) is 2.52. The summed E-state index contributed by atoms with van der Waals surface area (Å²) in [6.45, 7) is 45.6. The van der Waals surface area contributed by atoms with Crippen molar-refractivity contribution in [2.45, 2.75) is 167 Å². The first kappa shape index (κ1) is 51.6. The van der Waals surface area contributed by atoms with E-state index < -0.39 is 8.07 Å². The molecule has 0 saturated heterocycles. The molecule has 0 spiro atoms. The normalized spacial score (nSPS) is 16.5. The maximum atomic E-state index is 2.67. The molecule has 1 aliphatic carbocycles. The number of fused-ring (bicyclic) bond motifs is 1. The molecular formula is C52H71Cl3SiTi. The number of rotatable bonds is 4.